The summed E-state index contributed by atoms with van der Waals surface area (Å²) in [5, 5.41) is 7.53. The van der Waals surface area contributed by atoms with Crippen molar-refractivity contribution < 1.29 is 13.2 Å². The highest BCUT2D eigenvalue weighted by atomic mass is 35.5. The van der Waals surface area contributed by atoms with Gasteiger partial charge in [0, 0.05) is 26.2 Å². The van der Waals surface area contributed by atoms with E-state index in [0.717, 1.165) is 11.3 Å². The minimum Gasteiger partial charge on any atom is -0.334 e. The summed E-state index contributed by atoms with van der Waals surface area (Å²) in [6, 6.07) is 0. The van der Waals surface area contributed by atoms with Crippen LogP contribution in [0.2, 0.25) is 4.47 Å². The van der Waals surface area contributed by atoms with Crippen LogP contribution in [0.3, 0.4) is 0 Å². The summed E-state index contributed by atoms with van der Waals surface area (Å²) in [6.45, 7) is 3.19. The van der Waals surface area contributed by atoms with Gasteiger partial charge in [0.2, 0.25) is 19.5 Å². The number of aromatic nitrogens is 2. The Kier molecular flexibility index (Phi) is 4.95. The Bertz CT molecular complexity index is 581. The third-order valence-electron chi connectivity index (χ3n) is 2.96. The SMILES string of the molecule is CCCS(=O)(=O)N1CCN(C(=O)c2nnc(Cl)s2)CC1. The molecule has 0 radical (unpaired) electrons. The van der Waals surface area contributed by atoms with Crippen molar-refractivity contribution in [2.45, 2.75) is 13.3 Å². The van der Waals surface area contributed by atoms with E-state index in [0.29, 0.717) is 32.6 Å². The van der Waals surface area contributed by atoms with Crippen LogP contribution in [-0.2, 0) is 10.0 Å². The van der Waals surface area contributed by atoms with Crippen LogP contribution < -0.4 is 0 Å². The maximum Gasteiger partial charge on any atom is 0.284 e. The Hall–Kier alpha value is -0.770. The van der Waals surface area contributed by atoms with Crippen molar-refractivity contribution in [2.24, 2.45) is 0 Å². The molecule has 0 bridgehead atoms. The Balaban J connectivity index is 1.96. The van der Waals surface area contributed by atoms with E-state index in [4.69, 9.17) is 11.6 Å². The second-order valence-corrected chi connectivity index (χ2v) is 8.02. The number of rotatable bonds is 4. The molecule has 0 aromatic carbocycles. The molecule has 1 aliphatic heterocycles. The number of hydrogen-bond acceptors (Lipinski definition) is 6. The quantitative estimate of drug-likeness (QED) is 0.806. The summed E-state index contributed by atoms with van der Waals surface area (Å²) in [5.41, 5.74) is 0. The number of nitrogens with zero attached hydrogens (tertiary/aromatic N) is 4. The van der Waals surface area contributed by atoms with Gasteiger partial charge < -0.3 is 4.90 Å². The van der Waals surface area contributed by atoms with Crippen LogP contribution in [0.15, 0.2) is 0 Å². The third-order valence-corrected chi connectivity index (χ3v) is 6.05. The Labute approximate surface area is 126 Å². The van der Waals surface area contributed by atoms with E-state index >= 15 is 0 Å². The van der Waals surface area contributed by atoms with Crippen molar-refractivity contribution in [1.29, 1.82) is 0 Å². The van der Waals surface area contributed by atoms with Gasteiger partial charge in [-0.05, 0) is 18.0 Å². The molecule has 1 fully saturated rings. The second-order valence-electron chi connectivity index (χ2n) is 4.37. The lowest BCUT2D eigenvalue weighted by molar-refractivity contribution is 0.0696. The van der Waals surface area contributed by atoms with Gasteiger partial charge in [0.15, 0.2) is 0 Å². The first-order chi connectivity index (χ1) is 9.44. The average Bonchev–Trinajstić information content (AvgIpc) is 2.85. The highest BCUT2D eigenvalue weighted by Crippen LogP contribution is 2.18. The van der Waals surface area contributed by atoms with Gasteiger partial charge in [-0.25, -0.2) is 8.42 Å². The summed E-state index contributed by atoms with van der Waals surface area (Å²) < 4.78 is 25.5. The Morgan fingerprint density at radius 3 is 2.45 bits per heavy atom. The zero-order chi connectivity index (χ0) is 14.8. The van der Waals surface area contributed by atoms with E-state index in [1.54, 1.807) is 4.90 Å². The van der Waals surface area contributed by atoms with Crippen LogP contribution in [0.1, 0.15) is 23.1 Å². The van der Waals surface area contributed by atoms with Gasteiger partial charge in [0.1, 0.15) is 0 Å². The van der Waals surface area contributed by atoms with Crippen LogP contribution in [0.5, 0.6) is 0 Å². The summed E-state index contributed by atoms with van der Waals surface area (Å²) in [4.78, 5) is 13.7. The molecule has 0 atom stereocenters. The molecule has 10 heteroatoms. The highest BCUT2D eigenvalue weighted by molar-refractivity contribution is 7.89. The lowest BCUT2D eigenvalue weighted by atomic mass is 10.3. The molecule has 20 heavy (non-hydrogen) atoms. The van der Waals surface area contributed by atoms with Gasteiger partial charge in [0.05, 0.1) is 5.75 Å². The van der Waals surface area contributed by atoms with Crippen LogP contribution in [0, 0.1) is 0 Å². The first kappa shape index (κ1) is 15.6. The van der Waals surface area contributed by atoms with E-state index in [1.807, 2.05) is 6.92 Å². The molecular weight excluding hydrogens is 324 g/mol. The maximum atomic E-state index is 12.1. The van der Waals surface area contributed by atoms with E-state index in [2.05, 4.69) is 10.2 Å². The minimum absolute atomic E-state index is 0.146. The van der Waals surface area contributed by atoms with E-state index in [1.165, 1.54) is 4.31 Å². The minimum atomic E-state index is -3.19. The van der Waals surface area contributed by atoms with Gasteiger partial charge in [0.25, 0.3) is 5.91 Å². The average molecular weight is 339 g/mol. The van der Waals surface area contributed by atoms with Gasteiger partial charge in [-0.3, -0.25) is 4.79 Å². The fraction of sp³-hybridized carbons (Fsp3) is 0.700. The van der Waals surface area contributed by atoms with Crippen molar-refractivity contribution in [3.8, 4) is 0 Å². The van der Waals surface area contributed by atoms with Crippen molar-refractivity contribution in [2.75, 3.05) is 31.9 Å². The normalized spacial score (nSPS) is 17.4. The molecule has 7 nitrogen and oxygen atoms in total. The molecule has 1 aliphatic rings. The number of hydrogen-bond donors (Lipinski definition) is 0. The van der Waals surface area contributed by atoms with Crippen LogP contribution in [-0.4, -0.2) is 65.7 Å². The molecule has 0 saturated carbocycles. The highest BCUT2D eigenvalue weighted by Gasteiger charge is 2.29. The predicted octanol–water partition coefficient (Wildman–Crippen LogP) is 0.689. The van der Waals surface area contributed by atoms with Crippen LogP contribution >= 0.6 is 22.9 Å². The first-order valence-corrected chi connectivity index (χ1v) is 9.00. The monoisotopic (exact) mass is 338 g/mol. The molecule has 1 amide bonds. The molecule has 1 aromatic heterocycles. The molecule has 0 spiro atoms. The summed E-state index contributed by atoms with van der Waals surface area (Å²) in [5.74, 6) is -0.102. The number of halogens is 1. The number of carbonyl (C=O) groups excluding carboxylic acids is 1. The number of piperazine rings is 1. The summed E-state index contributed by atoms with van der Waals surface area (Å²) in [6.07, 6.45) is 0.588. The van der Waals surface area contributed by atoms with Gasteiger partial charge in [-0.2, -0.15) is 4.31 Å². The van der Waals surface area contributed by atoms with Crippen LogP contribution in [0.25, 0.3) is 0 Å². The van der Waals surface area contributed by atoms with E-state index in [9.17, 15) is 13.2 Å². The Morgan fingerprint density at radius 2 is 1.95 bits per heavy atom. The molecule has 0 aliphatic carbocycles. The zero-order valence-electron chi connectivity index (χ0n) is 11.0. The lowest BCUT2D eigenvalue weighted by Gasteiger charge is -2.33. The molecular formula is C10H15ClN4O3S2. The first-order valence-electron chi connectivity index (χ1n) is 6.20. The number of carbonyl (C=O) groups is 1. The fourth-order valence-corrected chi connectivity index (χ4v) is 4.27. The van der Waals surface area contributed by atoms with Gasteiger partial charge in [-0.1, -0.05) is 18.3 Å². The predicted molar refractivity (Wildman–Crippen MR) is 76.5 cm³/mol. The third kappa shape index (κ3) is 3.46. The zero-order valence-corrected chi connectivity index (χ0v) is 13.3. The van der Waals surface area contributed by atoms with E-state index in [-0.39, 0.29) is 21.1 Å². The topological polar surface area (TPSA) is 83.5 Å². The molecule has 2 rings (SSSR count). The van der Waals surface area contributed by atoms with Crippen molar-refractivity contribution in [1.82, 2.24) is 19.4 Å². The summed E-state index contributed by atoms with van der Waals surface area (Å²) in [7, 11) is -3.19. The molecule has 2 heterocycles. The van der Waals surface area contributed by atoms with E-state index < -0.39 is 10.0 Å². The molecule has 0 N–H and O–H groups in total. The largest absolute Gasteiger partial charge is 0.334 e. The number of sulfonamides is 1. The lowest BCUT2D eigenvalue weighted by Crippen LogP contribution is -2.51. The van der Waals surface area contributed by atoms with Crippen molar-refractivity contribution >= 4 is 38.9 Å². The molecule has 1 saturated heterocycles. The summed E-state index contributed by atoms with van der Waals surface area (Å²) >= 11 is 6.67. The van der Waals surface area contributed by atoms with Crippen molar-refractivity contribution in [3.63, 3.8) is 0 Å². The molecule has 0 unspecified atom stereocenters. The smallest absolute Gasteiger partial charge is 0.284 e. The molecule has 1 aromatic rings. The fourth-order valence-electron chi connectivity index (χ4n) is 1.98. The van der Waals surface area contributed by atoms with Crippen LogP contribution in [0.4, 0.5) is 0 Å². The standard InChI is InChI=1S/C10H15ClN4O3S2/c1-2-7-20(17,18)15-5-3-14(4-6-15)9(16)8-12-13-10(11)19-8/h2-7H2,1H3. The number of amides is 1. The van der Waals surface area contributed by atoms with Gasteiger partial charge in [-0.15, -0.1) is 10.2 Å². The van der Waals surface area contributed by atoms with Crippen molar-refractivity contribution in [3.05, 3.63) is 9.47 Å². The Morgan fingerprint density at radius 1 is 1.30 bits per heavy atom. The molecule has 112 valence electrons. The second kappa shape index (κ2) is 6.33. The van der Waals surface area contributed by atoms with Gasteiger partial charge >= 0.3 is 0 Å². The maximum absolute atomic E-state index is 12.1.